The molecule has 0 aliphatic heterocycles. The number of hydrogen-bond acceptors (Lipinski definition) is 4. The first-order valence-corrected chi connectivity index (χ1v) is 17.0. The highest BCUT2D eigenvalue weighted by molar-refractivity contribution is 7.85. The molecule has 46 heavy (non-hydrogen) atoms. The van der Waals surface area contributed by atoms with Gasteiger partial charge in [-0.15, -0.1) is 0 Å². The molecule has 0 aliphatic carbocycles. The van der Waals surface area contributed by atoms with Crippen molar-refractivity contribution in [2.45, 2.75) is 6.92 Å². The van der Waals surface area contributed by atoms with E-state index in [4.69, 9.17) is 14.6 Å². The minimum absolute atomic E-state index is 0.419. The molecule has 2 aromatic heterocycles. The van der Waals surface area contributed by atoms with Crippen LogP contribution in [0.25, 0.3) is 61.2 Å². The van der Waals surface area contributed by atoms with Crippen molar-refractivity contribution < 1.29 is 13.4 Å². The van der Waals surface area contributed by atoms with Gasteiger partial charge >= 0.3 is 0 Å². The van der Waals surface area contributed by atoms with E-state index >= 15 is 4.57 Å². The van der Waals surface area contributed by atoms with Gasteiger partial charge in [0.25, 0.3) is 0 Å². The molecule has 0 radical (unpaired) electrons. The number of nitrogen functional groups attached to an aromatic ring is 1. The van der Waals surface area contributed by atoms with E-state index in [9.17, 15) is 0 Å². The van der Waals surface area contributed by atoms with E-state index in [1.807, 2.05) is 110 Å². The van der Waals surface area contributed by atoms with Crippen molar-refractivity contribution in [2.75, 3.05) is 5.73 Å². The molecule has 0 aliphatic rings. The van der Waals surface area contributed by atoms with Crippen molar-refractivity contribution in [3.63, 3.8) is 0 Å². The number of fused-ring (bicyclic) bond motifs is 4. The molecule has 5 heteroatoms. The Morgan fingerprint density at radius 2 is 1.00 bits per heavy atom. The van der Waals surface area contributed by atoms with Gasteiger partial charge < -0.3 is 19.1 Å². The first-order chi connectivity index (χ1) is 22.5. The largest absolute Gasteiger partial charge is 0.456 e. The molecule has 4 nitrogen and oxygen atoms in total. The Kier molecular flexibility index (Phi) is 6.74. The second-order valence-electron chi connectivity index (χ2n) is 11.4. The summed E-state index contributed by atoms with van der Waals surface area (Å²) in [5, 5.41) is 5.47. The molecule has 0 spiro atoms. The molecule has 2 N–H and O–H groups in total. The van der Waals surface area contributed by atoms with Crippen LogP contribution in [0.4, 0.5) is 5.88 Å². The van der Waals surface area contributed by atoms with Crippen LogP contribution in [0.15, 0.2) is 154 Å². The maximum absolute atomic E-state index is 15.0. The zero-order valence-corrected chi connectivity index (χ0v) is 26.1. The Morgan fingerprint density at radius 1 is 0.522 bits per heavy atom. The van der Waals surface area contributed by atoms with Crippen LogP contribution in [-0.4, -0.2) is 0 Å². The molecule has 0 saturated heterocycles. The summed E-state index contributed by atoms with van der Waals surface area (Å²) in [7, 11) is -3.10. The standard InChI is InChI=1S/C41H30NO3P/c1-2-10-34-35-24-29(19-22-40(35)45-41(34)42)30-18-21-39-37(26-30)36-25-28(17-20-38(36)44-39)27-11-9-16-33(23-27)46(43,31-12-5-3-6-13-31)32-14-7-4-8-15-32/h2-26H,42H2,1H3/b10-2-. The third-order valence-corrected chi connectivity index (χ3v) is 11.7. The Bertz CT molecular complexity index is 2430. The topological polar surface area (TPSA) is 69.4 Å². The molecule has 0 unspecified atom stereocenters. The number of benzene rings is 6. The number of allylic oxidation sites excluding steroid dienone is 1. The molecule has 0 saturated carbocycles. The number of rotatable bonds is 6. The SMILES string of the molecule is C/C=C\c1c(N)oc2ccc(-c3ccc4oc5ccc(-c6cccc(P(=O)(c7ccccc7)c7ccccc7)c6)cc5c4c3)cc12. The van der Waals surface area contributed by atoms with Gasteiger partial charge in [0.15, 0.2) is 13.0 Å². The lowest BCUT2D eigenvalue weighted by molar-refractivity contribution is 0.592. The molecule has 222 valence electrons. The van der Waals surface area contributed by atoms with Crippen molar-refractivity contribution >= 4 is 67.9 Å². The van der Waals surface area contributed by atoms with Gasteiger partial charge in [-0.3, -0.25) is 0 Å². The third kappa shape index (κ3) is 4.58. The van der Waals surface area contributed by atoms with Gasteiger partial charge in [0.2, 0.25) is 0 Å². The van der Waals surface area contributed by atoms with E-state index in [0.29, 0.717) is 5.88 Å². The quantitative estimate of drug-likeness (QED) is 0.189. The van der Waals surface area contributed by atoms with Crippen molar-refractivity contribution in [1.29, 1.82) is 0 Å². The van der Waals surface area contributed by atoms with E-state index in [2.05, 4.69) is 48.5 Å². The predicted octanol–water partition coefficient (Wildman–Crippen LogP) is 9.92. The number of furan rings is 2. The van der Waals surface area contributed by atoms with Crippen LogP contribution in [0.2, 0.25) is 0 Å². The first-order valence-electron chi connectivity index (χ1n) is 15.3. The van der Waals surface area contributed by atoms with E-state index in [0.717, 1.165) is 76.6 Å². The van der Waals surface area contributed by atoms with Gasteiger partial charge in [-0.25, -0.2) is 0 Å². The zero-order valence-electron chi connectivity index (χ0n) is 25.2. The third-order valence-electron chi connectivity index (χ3n) is 8.67. The normalized spacial score (nSPS) is 12.1. The van der Waals surface area contributed by atoms with Gasteiger partial charge in [-0.05, 0) is 71.6 Å². The lowest BCUT2D eigenvalue weighted by atomic mass is 9.99. The summed E-state index contributed by atoms with van der Waals surface area (Å²) in [4.78, 5) is 0. The number of nitrogens with two attached hydrogens (primary N) is 1. The van der Waals surface area contributed by atoms with E-state index in [-0.39, 0.29) is 0 Å². The molecule has 0 amide bonds. The zero-order chi connectivity index (χ0) is 31.3. The van der Waals surface area contributed by atoms with Crippen molar-refractivity contribution in [3.05, 3.63) is 151 Å². The van der Waals surface area contributed by atoms with Crippen molar-refractivity contribution in [1.82, 2.24) is 0 Å². The maximum atomic E-state index is 15.0. The highest BCUT2D eigenvalue weighted by atomic mass is 31.2. The summed E-state index contributed by atoms with van der Waals surface area (Å²) >= 11 is 0. The van der Waals surface area contributed by atoms with Crippen LogP contribution in [0, 0.1) is 0 Å². The number of anilines is 1. The summed E-state index contributed by atoms with van der Waals surface area (Å²) in [5.74, 6) is 0.419. The molecule has 6 aromatic carbocycles. The average molecular weight is 616 g/mol. The monoisotopic (exact) mass is 615 g/mol. The van der Waals surface area contributed by atoms with E-state index in [1.54, 1.807) is 0 Å². The van der Waals surface area contributed by atoms with Gasteiger partial charge in [-0.1, -0.05) is 109 Å². The summed E-state index contributed by atoms with van der Waals surface area (Å²) in [6.07, 6.45) is 3.94. The van der Waals surface area contributed by atoms with Crippen molar-refractivity contribution in [2.24, 2.45) is 0 Å². The van der Waals surface area contributed by atoms with E-state index in [1.165, 1.54) is 0 Å². The number of hydrogen-bond donors (Lipinski definition) is 1. The lowest BCUT2D eigenvalue weighted by Gasteiger charge is -2.20. The van der Waals surface area contributed by atoms with Gasteiger partial charge in [0.05, 0.1) is 0 Å². The molecular weight excluding hydrogens is 585 g/mol. The van der Waals surface area contributed by atoms with E-state index < -0.39 is 7.14 Å². The highest BCUT2D eigenvalue weighted by Crippen LogP contribution is 2.43. The average Bonchev–Trinajstić information content (AvgIpc) is 3.64. The van der Waals surface area contributed by atoms with Gasteiger partial charge in [-0.2, -0.15) is 0 Å². The fraction of sp³-hybridized carbons (Fsp3) is 0.0244. The minimum atomic E-state index is -3.10. The molecule has 0 atom stereocenters. The first kappa shape index (κ1) is 27.9. The highest BCUT2D eigenvalue weighted by Gasteiger charge is 2.29. The fourth-order valence-corrected chi connectivity index (χ4v) is 9.09. The second kappa shape index (κ2) is 11.1. The molecule has 8 rings (SSSR count). The Morgan fingerprint density at radius 3 is 1.54 bits per heavy atom. The van der Waals surface area contributed by atoms with Crippen molar-refractivity contribution in [3.8, 4) is 22.3 Å². The van der Waals surface area contributed by atoms with Gasteiger partial charge in [0.1, 0.15) is 16.7 Å². The molecule has 2 heterocycles. The van der Waals surface area contributed by atoms with Gasteiger partial charge in [0, 0.05) is 37.6 Å². The molecule has 0 fully saturated rings. The minimum Gasteiger partial charge on any atom is -0.456 e. The van der Waals surface area contributed by atoms with Crippen LogP contribution < -0.4 is 21.6 Å². The van der Waals surface area contributed by atoms with Crippen LogP contribution in [0.1, 0.15) is 12.5 Å². The van der Waals surface area contributed by atoms with Crippen LogP contribution >= 0.6 is 7.14 Å². The second-order valence-corrected chi connectivity index (χ2v) is 14.2. The molecular formula is C41H30NO3P. The van der Waals surface area contributed by atoms with Crippen LogP contribution in [0.3, 0.4) is 0 Å². The summed E-state index contributed by atoms with van der Waals surface area (Å²) in [6, 6.07) is 46.4. The molecule has 0 bridgehead atoms. The maximum Gasteiger partial charge on any atom is 0.198 e. The van der Waals surface area contributed by atoms with Crippen LogP contribution in [-0.2, 0) is 4.57 Å². The Balaban J connectivity index is 1.24. The summed E-state index contributed by atoms with van der Waals surface area (Å²) in [6.45, 7) is 1.97. The molecule has 8 aromatic rings. The fourth-order valence-electron chi connectivity index (χ4n) is 6.39. The summed E-state index contributed by atoms with van der Waals surface area (Å²) in [5.41, 5.74) is 13.6. The lowest BCUT2D eigenvalue weighted by Crippen LogP contribution is -2.25. The smallest absolute Gasteiger partial charge is 0.198 e. The summed E-state index contributed by atoms with van der Waals surface area (Å²) < 4.78 is 27.1. The van der Waals surface area contributed by atoms with Crippen LogP contribution in [0.5, 0.6) is 0 Å². The Hall–Kier alpha value is -5.57. The predicted molar refractivity (Wildman–Crippen MR) is 193 cm³/mol. The Labute approximate surface area is 266 Å².